The minimum atomic E-state index is 0.318. The number of hydrogen-bond donors (Lipinski definition) is 2. The predicted octanol–water partition coefficient (Wildman–Crippen LogP) is 3.48. The van der Waals surface area contributed by atoms with Crippen LogP contribution < -0.4 is 0 Å². The highest BCUT2D eigenvalue weighted by Gasteiger charge is 2.12. The van der Waals surface area contributed by atoms with Crippen molar-refractivity contribution in [2.24, 2.45) is 0 Å². The average molecular weight is 216 g/mol. The predicted molar refractivity (Wildman–Crippen MR) is 66.2 cm³/mol. The summed E-state index contributed by atoms with van der Waals surface area (Å²) in [7, 11) is 0. The van der Waals surface area contributed by atoms with Crippen molar-refractivity contribution in [1.29, 1.82) is 0 Å². The second kappa shape index (κ2) is 3.41. The number of fused-ring (bicyclic) bond motifs is 1. The van der Waals surface area contributed by atoms with Gasteiger partial charge in [0, 0.05) is 0 Å². The van der Waals surface area contributed by atoms with Crippen LogP contribution in [0, 0.1) is 27.7 Å². The van der Waals surface area contributed by atoms with Crippen LogP contribution in [0.5, 0.6) is 11.5 Å². The third-order valence-corrected chi connectivity index (χ3v) is 3.24. The van der Waals surface area contributed by atoms with E-state index in [0.717, 1.165) is 33.0 Å². The first-order valence-corrected chi connectivity index (χ1v) is 5.35. The molecule has 0 saturated carbocycles. The molecule has 16 heavy (non-hydrogen) atoms. The topological polar surface area (TPSA) is 40.5 Å². The van der Waals surface area contributed by atoms with E-state index in [1.807, 2.05) is 39.8 Å². The highest BCUT2D eigenvalue weighted by atomic mass is 16.3. The third kappa shape index (κ3) is 1.33. The molecular formula is C14H16O2. The van der Waals surface area contributed by atoms with E-state index in [-0.39, 0.29) is 0 Å². The minimum Gasteiger partial charge on any atom is -0.507 e. The zero-order valence-electron chi connectivity index (χ0n) is 10.0. The van der Waals surface area contributed by atoms with Gasteiger partial charge in [-0.1, -0.05) is 0 Å². The second-order valence-corrected chi connectivity index (χ2v) is 4.43. The van der Waals surface area contributed by atoms with E-state index in [1.54, 1.807) is 0 Å². The van der Waals surface area contributed by atoms with Gasteiger partial charge < -0.3 is 10.2 Å². The van der Waals surface area contributed by atoms with Crippen LogP contribution in [0.2, 0.25) is 0 Å². The lowest BCUT2D eigenvalue weighted by molar-refractivity contribution is 0.465. The molecule has 0 amide bonds. The molecule has 0 unspecified atom stereocenters. The molecule has 0 bridgehead atoms. The molecule has 0 atom stereocenters. The summed E-state index contributed by atoms with van der Waals surface area (Å²) < 4.78 is 0. The number of aromatic hydroxyl groups is 2. The van der Waals surface area contributed by atoms with Gasteiger partial charge in [0.25, 0.3) is 0 Å². The molecule has 0 spiro atoms. The third-order valence-electron chi connectivity index (χ3n) is 3.24. The van der Waals surface area contributed by atoms with Crippen LogP contribution in [-0.4, -0.2) is 10.2 Å². The average Bonchev–Trinajstić information content (AvgIpc) is 2.23. The first-order valence-electron chi connectivity index (χ1n) is 5.35. The van der Waals surface area contributed by atoms with Gasteiger partial charge in [0.2, 0.25) is 0 Å². The van der Waals surface area contributed by atoms with E-state index in [0.29, 0.717) is 11.5 Å². The molecule has 2 aromatic carbocycles. The Kier molecular flexibility index (Phi) is 2.30. The number of benzene rings is 2. The molecule has 0 heterocycles. The van der Waals surface area contributed by atoms with Crippen molar-refractivity contribution >= 4 is 10.8 Å². The quantitative estimate of drug-likeness (QED) is 0.707. The second-order valence-electron chi connectivity index (χ2n) is 4.43. The summed E-state index contributed by atoms with van der Waals surface area (Å²) in [5.74, 6) is 0.637. The summed E-state index contributed by atoms with van der Waals surface area (Å²) in [5.41, 5.74) is 3.41. The number of rotatable bonds is 0. The molecule has 2 N–H and O–H groups in total. The molecule has 84 valence electrons. The molecule has 0 aliphatic heterocycles. The summed E-state index contributed by atoms with van der Waals surface area (Å²) in [5, 5.41) is 21.8. The summed E-state index contributed by atoms with van der Waals surface area (Å²) in [6, 6.07) is 3.91. The zero-order chi connectivity index (χ0) is 12.0. The van der Waals surface area contributed by atoms with Gasteiger partial charge in [-0.2, -0.15) is 0 Å². The number of phenols is 2. The van der Waals surface area contributed by atoms with Crippen molar-refractivity contribution in [3.8, 4) is 11.5 Å². The van der Waals surface area contributed by atoms with Gasteiger partial charge in [-0.3, -0.25) is 0 Å². The molecule has 2 nitrogen and oxygen atoms in total. The van der Waals surface area contributed by atoms with E-state index in [1.165, 1.54) is 0 Å². The van der Waals surface area contributed by atoms with E-state index in [2.05, 4.69) is 0 Å². The van der Waals surface area contributed by atoms with Gasteiger partial charge in [-0.05, 0) is 72.9 Å². The summed E-state index contributed by atoms with van der Waals surface area (Å²) in [6.07, 6.45) is 0. The molecule has 0 aliphatic carbocycles. The molecule has 0 fully saturated rings. The molecule has 0 saturated heterocycles. The Morgan fingerprint density at radius 2 is 1.12 bits per heavy atom. The minimum absolute atomic E-state index is 0.318. The van der Waals surface area contributed by atoms with Crippen molar-refractivity contribution < 1.29 is 10.2 Å². The monoisotopic (exact) mass is 216 g/mol. The Labute approximate surface area is 95.2 Å². The number of aryl methyl sites for hydroxylation is 4. The summed E-state index contributed by atoms with van der Waals surface area (Å²) >= 11 is 0. The van der Waals surface area contributed by atoms with Gasteiger partial charge in [0.15, 0.2) is 0 Å². The smallest absolute Gasteiger partial charge is 0.122 e. The van der Waals surface area contributed by atoms with Gasteiger partial charge in [0.05, 0.1) is 0 Å². The van der Waals surface area contributed by atoms with Gasteiger partial charge in [-0.15, -0.1) is 0 Å². The van der Waals surface area contributed by atoms with E-state index in [9.17, 15) is 10.2 Å². The maximum absolute atomic E-state index is 9.91. The lowest BCUT2D eigenvalue weighted by atomic mass is 9.94. The summed E-state index contributed by atoms with van der Waals surface area (Å²) in [4.78, 5) is 0. The van der Waals surface area contributed by atoms with E-state index < -0.39 is 0 Å². The Bertz CT molecular complexity index is 535. The molecule has 2 rings (SSSR count). The van der Waals surface area contributed by atoms with Gasteiger partial charge in [0.1, 0.15) is 11.5 Å². The highest BCUT2D eigenvalue weighted by Crippen LogP contribution is 2.37. The van der Waals surface area contributed by atoms with E-state index >= 15 is 0 Å². The first kappa shape index (κ1) is 10.8. The van der Waals surface area contributed by atoms with Crippen molar-refractivity contribution in [1.82, 2.24) is 0 Å². The van der Waals surface area contributed by atoms with Crippen LogP contribution in [0.1, 0.15) is 22.3 Å². The summed E-state index contributed by atoms with van der Waals surface area (Å²) in [6.45, 7) is 7.54. The van der Waals surface area contributed by atoms with Crippen LogP contribution in [0.15, 0.2) is 12.1 Å². The van der Waals surface area contributed by atoms with Crippen LogP contribution in [0.3, 0.4) is 0 Å². The SMILES string of the molecule is Cc1cc2cc(C)c(O)c(C)c2c(C)c1O. The Hall–Kier alpha value is -1.70. The van der Waals surface area contributed by atoms with Crippen LogP contribution in [-0.2, 0) is 0 Å². The van der Waals surface area contributed by atoms with Crippen molar-refractivity contribution in [2.45, 2.75) is 27.7 Å². The van der Waals surface area contributed by atoms with Gasteiger partial charge >= 0.3 is 0 Å². The van der Waals surface area contributed by atoms with E-state index in [4.69, 9.17) is 0 Å². The number of hydrogen-bond acceptors (Lipinski definition) is 2. The fourth-order valence-electron chi connectivity index (χ4n) is 2.33. The van der Waals surface area contributed by atoms with Gasteiger partial charge in [-0.25, -0.2) is 0 Å². The fourth-order valence-corrected chi connectivity index (χ4v) is 2.33. The maximum Gasteiger partial charge on any atom is 0.122 e. The molecular weight excluding hydrogens is 200 g/mol. The van der Waals surface area contributed by atoms with Crippen molar-refractivity contribution in [2.75, 3.05) is 0 Å². The number of phenolic OH excluding ortho intramolecular Hbond substituents is 2. The normalized spacial score (nSPS) is 11.0. The standard InChI is InChI=1S/C14H16O2/c1-7-5-11-6-8(2)14(16)10(4)12(11)9(3)13(7)15/h5-6,15-16H,1-4H3. The fraction of sp³-hybridized carbons (Fsp3) is 0.286. The lowest BCUT2D eigenvalue weighted by Gasteiger charge is -2.13. The van der Waals surface area contributed by atoms with Crippen molar-refractivity contribution in [3.05, 3.63) is 34.4 Å². The molecule has 0 aliphatic rings. The highest BCUT2D eigenvalue weighted by molar-refractivity contribution is 5.93. The molecule has 2 aromatic rings. The maximum atomic E-state index is 9.91. The molecule has 0 aromatic heterocycles. The lowest BCUT2D eigenvalue weighted by Crippen LogP contribution is -1.90. The van der Waals surface area contributed by atoms with Crippen molar-refractivity contribution in [3.63, 3.8) is 0 Å². The largest absolute Gasteiger partial charge is 0.507 e. The zero-order valence-corrected chi connectivity index (χ0v) is 10.0. The van der Waals surface area contributed by atoms with Crippen LogP contribution >= 0.6 is 0 Å². The Morgan fingerprint density at radius 1 is 0.750 bits per heavy atom. The molecule has 0 radical (unpaired) electrons. The Balaban J connectivity index is 3.03. The Morgan fingerprint density at radius 3 is 1.50 bits per heavy atom. The first-order chi connectivity index (χ1) is 7.43. The molecule has 2 heteroatoms. The van der Waals surface area contributed by atoms with Crippen LogP contribution in [0.25, 0.3) is 10.8 Å². The van der Waals surface area contributed by atoms with Crippen LogP contribution in [0.4, 0.5) is 0 Å².